The summed E-state index contributed by atoms with van der Waals surface area (Å²) in [6.45, 7) is 1.92. The summed E-state index contributed by atoms with van der Waals surface area (Å²) in [6, 6.07) is 0.518. The van der Waals surface area contributed by atoms with Crippen LogP contribution < -0.4 is 10.6 Å². The standard InChI is InChI=1S/C10H18N2OS/c13-10(7-14-9-3-4-9)12-6-8-2-1-5-11-8/h8-9,11H,1-7H2,(H,12,13). The van der Waals surface area contributed by atoms with E-state index < -0.39 is 0 Å². The third-order valence-electron chi connectivity index (χ3n) is 2.68. The summed E-state index contributed by atoms with van der Waals surface area (Å²) in [5.74, 6) is 0.854. The lowest BCUT2D eigenvalue weighted by Crippen LogP contribution is -2.37. The largest absolute Gasteiger partial charge is 0.354 e. The molecule has 0 aromatic carbocycles. The molecule has 0 bridgehead atoms. The fourth-order valence-electron chi connectivity index (χ4n) is 1.65. The van der Waals surface area contributed by atoms with Crippen molar-refractivity contribution in [3.05, 3.63) is 0 Å². The molecule has 1 saturated carbocycles. The molecule has 0 spiro atoms. The predicted octanol–water partition coefficient (Wildman–Crippen LogP) is 0.750. The summed E-state index contributed by atoms with van der Waals surface area (Å²) in [5.41, 5.74) is 0. The van der Waals surface area contributed by atoms with Gasteiger partial charge in [-0.3, -0.25) is 4.79 Å². The molecule has 2 aliphatic rings. The molecule has 1 aliphatic heterocycles. The zero-order valence-corrected chi connectivity index (χ0v) is 9.24. The van der Waals surface area contributed by atoms with Crippen LogP contribution in [0.5, 0.6) is 0 Å². The lowest BCUT2D eigenvalue weighted by molar-refractivity contribution is -0.118. The summed E-state index contributed by atoms with van der Waals surface area (Å²) >= 11 is 1.80. The van der Waals surface area contributed by atoms with E-state index in [2.05, 4.69) is 10.6 Å². The first-order valence-electron chi connectivity index (χ1n) is 5.46. The summed E-state index contributed by atoms with van der Waals surface area (Å²) in [4.78, 5) is 11.4. The van der Waals surface area contributed by atoms with Gasteiger partial charge in [0.05, 0.1) is 5.75 Å². The van der Waals surface area contributed by atoms with Gasteiger partial charge in [0.1, 0.15) is 0 Å². The monoisotopic (exact) mass is 214 g/mol. The molecule has 0 aromatic heterocycles. The number of rotatable bonds is 5. The predicted molar refractivity (Wildman–Crippen MR) is 59.5 cm³/mol. The van der Waals surface area contributed by atoms with Gasteiger partial charge in [-0.05, 0) is 32.2 Å². The van der Waals surface area contributed by atoms with Gasteiger partial charge in [-0.25, -0.2) is 0 Å². The molecular formula is C10H18N2OS. The molecule has 0 radical (unpaired) electrons. The third kappa shape index (κ3) is 3.50. The molecule has 14 heavy (non-hydrogen) atoms. The van der Waals surface area contributed by atoms with Crippen LogP contribution in [0, 0.1) is 0 Å². The van der Waals surface area contributed by atoms with Crippen molar-refractivity contribution >= 4 is 17.7 Å². The molecule has 80 valence electrons. The Balaban J connectivity index is 1.52. The zero-order valence-electron chi connectivity index (χ0n) is 8.42. The van der Waals surface area contributed by atoms with Crippen LogP contribution in [-0.2, 0) is 4.79 Å². The van der Waals surface area contributed by atoms with E-state index in [0.717, 1.165) is 18.3 Å². The van der Waals surface area contributed by atoms with Crippen LogP contribution in [-0.4, -0.2) is 36.0 Å². The Bertz CT molecular complexity index is 200. The molecule has 1 aliphatic carbocycles. The van der Waals surface area contributed by atoms with Gasteiger partial charge in [0.25, 0.3) is 0 Å². The molecule has 2 N–H and O–H groups in total. The van der Waals surface area contributed by atoms with Crippen molar-refractivity contribution in [3.8, 4) is 0 Å². The van der Waals surface area contributed by atoms with Crippen molar-refractivity contribution in [1.82, 2.24) is 10.6 Å². The van der Waals surface area contributed by atoms with Crippen LogP contribution in [0.2, 0.25) is 0 Å². The van der Waals surface area contributed by atoms with Gasteiger partial charge in [-0.15, -0.1) is 11.8 Å². The average molecular weight is 214 g/mol. The Labute approximate surface area is 89.4 Å². The van der Waals surface area contributed by atoms with Gasteiger partial charge < -0.3 is 10.6 Å². The van der Waals surface area contributed by atoms with Crippen LogP contribution in [0.25, 0.3) is 0 Å². The average Bonchev–Trinajstić information content (AvgIpc) is 2.87. The minimum atomic E-state index is 0.204. The van der Waals surface area contributed by atoms with Crippen molar-refractivity contribution in [3.63, 3.8) is 0 Å². The first kappa shape index (κ1) is 10.3. The van der Waals surface area contributed by atoms with Crippen molar-refractivity contribution in [2.75, 3.05) is 18.8 Å². The molecule has 3 nitrogen and oxygen atoms in total. The molecule has 1 atom stereocenters. The van der Waals surface area contributed by atoms with E-state index in [-0.39, 0.29) is 5.91 Å². The van der Waals surface area contributed by atoms with Crippen LogP contribution in [0.3, 0.4) is 0 Å². The summed E-state index contributed by atoms with van der Waals surface area (Å²) in [5, 5.41) is 7.14. The lowest BCUT2D eigenvalue weighted by atomic mass is 10.2. The second-order valence-corrected chi connectivity index (χ2v) is 5.40. The number of hydrogen-bond donors (Lipinski definition) is 2. The fraction of sp³-hybridized carbons (Fsp3) is 0.900. The number of thioether (sulfide) groups is 1. The van der Waals surface area contributed by atoms with E-state index in [1.54, 1.807) is 11.8 Å². The maximum atomic E-state index is 11.4. The first-order chi connectivity index (χ1) is 6.84. The van der Waals surface area contributed by atoms with Crippen molar-refractivity contribution in [2.24, 2.45) is 0 Å². The van der Waals surface area contributed by atoms with Crippen LogP contribution in [0.15, 0.2) is 0 Å². The third-order valence-corrected chi connectivity index (χ3v) is 4.05. The molecule has 1 saturated heterocycles. The number of carbonyl (C=O) groups excluding carboxylic acids is 1. The maximum absolute atomic E-state index is 11.4. The lowest BCUT2D eigenvalue weighted by Gasteiger charge is -2.10. The summed E-state index contributed by atoms with van der Waals surface area (Å²) < 4.78 is 0. The van der Waals surface area contributed by atoms with E-state index in [9.17, 15) is 4.79 Å². The SMILES string of the molecule is O=C(CSC1CC1)NCC1CCCN1. The molecular weight excluding hydrogens is 196 g/mol. The summed E-state index contributed by atoms with van der Waals surface area (Å²) in [7, 11) is 0. The maximum Gasteiger partial charge on any atom is 0.230 e. The van der Waals surface area contributed by atoms with Gasteiger partial charge >= 0.3 is 0 Å². The molecule has 1 heterocycles. The highest BCUT2D eigenvalue weighted by Gasteiger charge is 2.22. The Kier molecular flexibility index (Phi) is 3.70. The second kappa shape index (κ2) is 5.03. The van der Waals surface area contributed by atoms with E-state index in [4.69, 9.17) is 0 Å². The zero-order chi connectivity index (χ0) is 9.80. The van der Waals surface area contributed by atoms with Crippen molar-refractivity contribution in [2.45, 2.75) is 37.0 Å². The number of amides is 1. The minimum absolute atomic E-state index is 0.204. The Hall–Kier alpha value is -0.220. The molecule has 1 unspecified atom stereocenters. The Morgan fingerprint density at radius 1 is 1.43 bits per heavy atom. The van der Waals surface area contributed by atoms with Crippen LogP contribution >= 0.6 is 11.8 Å². The normalized spacial score (nSPS) is 26.4. The highest BCUT2D eigenvalue weighted by Crippen LogP contribution is 2.33. The highest BCUT2D eigenvalue weighted by molar-refractivity contribution is 8.00. The van der Waals surface area contributed by atoms with Gasteiger partial charge in [0.2, 0.25) is 5.91 Å². The molecule has 0 aromatic rings. The quantitative estimate of drug-likeness (QED) is 0.709. The van der Waals surface area contributed by atoms with E-state index in [1.807, 2.05) is 0 Å². The first-order valence-corrected chi connectivity index (χ1v) is 6.51. The van der Waals surface area contributed by atoms with Gasteiger partial charge in [0.15, 0.2) is 0 Å². The Morgan fingerprint density at radius 2 is 2.29 bits per heavy atom. The summed E-state index contributed by atoms with van der Waals surface area (Å²) in [6.07, 6.45) is 5.07. The van der Waals surface area contributed by atoms with Gasteiger partial charge in [0, 0.05) is 17.8 Å². The molecule has 2 fully saturated rings. The number of hydrogen-bond acceptors (Lipinski definition) is 3. The second-order valence-electron chi connectivity index (χ2n) is 4.11. The smallest absolute Gasteiger partial charge is 0.230 e. The topological polar surface area (TPSA) is 41.1 Å². The minimum Gasteiger partial charge on any atom is -0.354 e. The van der Waals surface area contributed by atoms with E-state index in [1.165, 1.54) is 25.7 Å². The highest BCUT2D eigenvalue weighted by atomic mass is 32.2. The Morgan fingerprint density at radius 3 is 2.93 bits per heavy atom. The van der Waals surface area contributed by atoms with Crippen molar-refractivity contribution in [1.29, 1.82) is 0 Å². The van der Waals surface area contributed by atoms with Gasteiger partial charge in [-0.2, -0.15) is 0 Å². The molecule has 2 rings (SSSR count). The fourth-order valence-corrected chi connectivity index (χ4v) is 2.61. The molecule has 4 heteroatoms. The van der Waals surface area contributed by atoms with Crippen LogP contribution in [0.1, 0.15) is 25.7 Å². The van der Waals surface area contributed by atoms with Crippen LogP contribution in [0.4, 0.5) is 0 Å². The van der Waals surface area contributed by atoms with Crippen molar-refractivity contribution < 1.29 is 4.79 Å². The van der Waals surface area contributed by atoms with E-state index in [0.29, 0.717) is 11.8 Å². The number of nitrogens with one attached hydrogen (secondary N) is 2. The number of carbonyl (C=O) groups is 1. The van der Waals surface area contributed by atoms with Gasteiger partial charge in [-0.1, -0.05) is 0 Å². The molecule has 1 amide bonds. The van der Waals surface area contributed by atoms with E-state index >= 15 is 0 Å².